The summed E-state index contributed by atoms with van der Waals surface area (Å²) in [6, 6.07) is 0. The first-order chi connectivity index (χ1) is 23.8. The third-order valence-electron chi connectivity index (χ3n) is 8.48. The highest BCUT2D eigenvalue weighted by atomic mass is 19.4. The van der Waals surface area contributed by atoms with Crippen LogP contribution in [-0.2, 0) is 28.8 Å². The zero-order valence-corrected chi connectivity index (χ0v) is 34.6. The number of rotatable bonds is 14. The Bertz CT molecular complexity index is 1040. The molecule has 0 heterocycles. The molecule has 2 rings (SSSR count). The SMILES string of the molecule is CC(C)C[C@@H](C)C(N)=O.CC[C@@H](C)C(N)=O.C[C@@H](C(N)=O)C1CC1.C[C@H](CC(C)(C)C)C(N)=O.C[C@H](CC(F)(F)F)C(N)=O.C[C@H](CC1CC1)C(N)=O. The van der Waals surface area contributed by atoms with Crippen LogP contribution in [0.2, 0.25) is 0 Å². The Hall–Kier alpha value is -3.39. The summed E-state index contributed by atoms with van der Waals surface area (Å²) >= 11 is 0. The van der Waals surface area contributed by atoms with Crippen LogP contribution in [0, 0.1) is 58.7 Å². The van der Waals surface area contributed by atoms with Gasteiger partial charge in [0.2, 0.25) is 35.4 Å². The molecule has 15 heteroatoms. The lowest BCUT2D eigenvalue weighted by Gasteiger charge is -2.20. The third-order valence-corrected chi connectivity index (χ3v) is 8.48. The van der Waals surface area contributed by atoms with Crippen LogP contribution < -0.4 is 34.4 Å². The molecule has 2 fully saturated rings. The quantitative estimate of drug-likeness (QED) is 0.129. The van der Waals surface area contributed by atoms with E-state index in [0.29, 0.717) is 11.8 Å². The van der Waals surface area contributed by atoms with Crippen LogP contribution in [-0.4, -0.2) is 41.6 Å². The van der Waals surface area contributed by atoms with Crippen molar-refractivity contribution in [3.05, 3.63) is 0 Å². The zero-order chi connectivity index (χ0) is 43.0. The Morgan fingerprint density at radius 2 is 0.906 bits per heavy atom. The Morgan fingerprint density at radius 1 is 0.547 bits per heavy atom. The molecule has 0 aromatic carbocycles. The highest BCUT2D eigenvalue weighted by Crippen LogP contribution is 2.36. The van der Waals surface area contributed by atoms with E-state index in [1.165, 1.54) is 25.7 Å². The molecule has 6 amide bonds. The van der Waals surface area contributed by atoms with Gasteiger partial charge in [-0.25, -0.2) is 0 Å². The smallest absolute Gasteiger partial charge is 0.369 e. The fraction of sp³-hybridized carbons (Fsp3) is 0.842. The molecule has 2 aliphatic rings. The van der Waals surface area contributed by atoms with E-state index in [9.17, 15) is 41.9 Å². The zero-order valence-electron chi connectivity index (χ0n) is 34.6. The van der Waals surface area contributed by atoms with E-state index in [0.717, 1.165) is 38.5 Å². The van der Waals surface area contributed by atoms with E-state index in [1.54, 1.807) is 0 Å². The number of carbonyl (C=O) groups is 6. The number of alkyl halides is 3. The Labute approximate surface area is 317 Å². The van der Waals surface area contributed by atoms with Crippen LogP contribution in [0.15, 0.2) is 0 Å². The average molecular weight is 769 g/mol. The first-order valence-corrected chi connectivity index (χ1v) is 18.6. The predicted molar refractivity (Wildman–Crippen MR) is 205 cm³/mol. The molecule has 0 spiro atoms. The number of primary amides is 6. The second-order valence-electron chi connectivity index (χ2n) is 16.3. The van der Waals surface area contributed by atoms with Gasteiger partial charge in [-0.05, 0) is 61.7 Å². The van der Waals surface area contributed by atoms with E-state index in [2.05, 4.69) is 40.4 Å². The first kappa shape index (κ1) is 56.4. The molecule has 2 saturated carbocycles. The largest absolute Gasteiger partial charge is 0.389 e. The molecule has 0 unspecified atom stereocenters. The Kier molecular flexibility index (Phi) is 29.9. The van der Waals surface area contributed by atoms with Gasteiger partial charge in [-0.2, -0.15) is 13.2 Å². The van der Waals surface area contributed by atoms with Gasteiger partial charge in [0.15, 0.2) is 0 Å². The van der Waals surface area contributed by atoms with Crippen molar-refractivity contribution < 1.29 is 41.9 Å². The Morgan fingerprint density at radius 3 is 1.04 bits per heavy atom. The van der Waals surface area contributed by atoms with Gasteiger partial charge in [-0.3, -0.25) is 28.8 Å². The molecule has 0 radical (unpaired) electrons. The molecule has 12 N–H and O–H groups in total. The number of nitrogens with two attached hydrogens (primary N) is 6. The normalized spacial score (nSPS) is 16.8. The molecule has 53 heavy (non-hydrogen) atoms. The minimum absolute atomic E-state index is 0.000000000000000222. The van der Waals surface area contributed by atoms with E-state index in [-0.39, 0.29) is 64.5 Å². The van der Waals surface area contributed by atoms with Gasteiger partial charge in [0.1, 0.15) is 0 Å². The standard InChI is InChI=1S/C8H17NO.C7H13NO.C7H15NO.C6H11NO.C5H8F3NO.C5H11NO/c1-6(7(9)10)5-8(2,3)4;1-5(7(8)9)4-6-2-3-6;1-5(2)4-6(3)7(8)9;1-4(6(7)8)5-2-3-5;1-3(4(9)10)2-5(6,7)8;1-3-4(2)5(6)7/h6H,5H2,1-4H3,(H2,9,10);5-6H,2-4H2,1H3,(H2,8,9);5-6H,4H2,1-3H3,(H2,8,9);4-5H,2-3H2,1H3,(H2,7,8);3H,2H2,1H3,(H2,9,10);4H,3H2,1-2H3,(H2,6,7)/t6-;5-;6-;4-;3-;4-/m111111/s1. The van der Waals surface area contributed by atoms with Crippen LogP contribution in [0.25, 0.3) is 0 Å². The third kappa shape index (κ3) is 41.2. The lowest BCUT2D eigenvalue weighted by atomic mass is 9.85. The van der Waals surface area contributed by atoms with Crippen LogP contribution in [0.5, 0.6) is 0 Å². The molecule has 12 nitrogen and oxygen atoms in total. The molecule has 6 atom stereocenters. The summed E-state index contributed by atoms with van der Waals surface area (Å²) in [6.45, 7) is 22.9. The average Bonchev–Trinajstić information content (AvgIpc) is 3.91. The van der Waals surface area contributed by atoms with E-state index < -0.39 is 24.4 Å². The van der Waals surface area contributed by atoms with Gasteiger partial charge in [-0.1, -0.05) is 95.9 Å². The lowest BCUT2D eigenvalue weighted by Crippen LogP contribution is -2.25. The van der Waals surface area contributed by atoms with Crippen molar-refractivity contribution in [1.29, 1.82) is 0 Å². The van der Waals surface area contributed by atoms with Gasteiger partial charge in [-0.15, -0.1) is 0 Å². The highest BCUT2D eigenvalue weighted by molar-refractivity contribution is 5.78. The number of hydrogen-bond acceptors (Lipinski definition) is 6. The van der Waals surface area contributed by atoms with Crippen LogP contribution in [0.1, 0.15) is 141 Å². The number of halogens is 3. The summed E-state index contributed by atoms with van der Waals surface area (Å²) in [5.41, 5.74) is 30.0. The molecule has 2 aliphatic carbocycles. The molecule has 314 valence electrons. The molecule has 0 aromatic heterocycles. The summed E-state index contributed by atoms with van der Waals surface area (Å²) < 4.78 is 34.4. The van der Waals surface area contributed by atoms with Crippen LogP contribution in [0.4, 0.5) is 13.2 Å². The molecule has 0 aromatic rings. The maximum absolute atomic E-state index is 11.5. The predicted octanol–water partition coefficient (Wildman–Crippen LogP) is 5.70. The van der Waals surface area contributed by atoms with Crippen molar-refractivity contribution in [2.24, 2.45) is 93.1 Å². The number of hydrogen-bond donors (Lipinski definition) is 6. The fourth-order valence-corrected chi connectivity index (χ4v) is 4.29. The van der Waals surface area contributed by atoms with E-state index in [1.807, 2.05) is 41.5 Å². The van der Waals surface area contributed by atoms with Gasteiger partial charge in [0, 0.05) is 35.5 Å². The van der Waals surface area contributed by atoms with Crippen molar-refractivity contribution in [3.8, 4) is 0 Å². The molecular weight excluding hydrogens is 693 g/mol. The molecule has 0 aliphatic heterocycles. The van der Waals surface area contributed by atoms with Gasteiger partial charge < -0.3 is 34.4 Å². The molecule has 0 bridgehead atoms. The Balaban J connectivity index is -0.000000273. The maximum Gasteiger partial charge on any atom is 0.389 e. The minimum Gasteiger partial charge on any atom is -0.369 e. The van der Waals surface area contributed by atoms with Gasteiger partial charge in [0.25, 0.3) is 0 Å². The van der Waals surface area contributed by atoms with Crippen molar-refractivity contribution in [1.82, 2.24) is 0 Å². The van der Waals surface area contributed by atoms with E-state index >= 15 is 0 Å². The fourth-order valence-electron chi connectivity index (χ4n) is 4.29. The molecular formula is C38H75F3N6O6. The number of carbonyl (C=O) groups excluding carboxylic acids is 6. The summed E-state index contributed by atoms with van der Waals surface area (Å²) in [5, 5.41) is 0. The summed E-state index contributed by atoms with van der Waals surface area (Å²) in [5.74, 6) is -0.655. The van der Waals surface area contributed by atoms with Crippen molar-refractivity contribution in [2.75, 3.05) is 0 Å². The summed E-state index contributed by atoms with van der Waals surface area (Å²) in [4.78, 5) is 62.2. The number of amides is 6. The second kappa shape index (κ2) is 28.1. The van der Waals surface area contributed by atoms with Crippen LogP contribution >= 0.6 is 0 Å². The van der Waals surface area contributed by atoms with Gasteiger partial charge >= 0.3 is 6.18 Å². The first-order valence-electron chi connectivity index (χ1n) is 18.6. The molecule has 0 saturated heterocycles. The van der Waals surface area contributed by atoms with Gasteiger partial charge in [0.05, 0.1) is 6.42 Å². The van der Waals surface area contributed by atoms with Crippen LogP contribution in [0.3, 0.4) is 0 Å². The monoisotopic (exact) mass is 769 g/mol. The summed E-state index contributed by atoms with van der Waals surface area (Å²) in [6.07, 6.45) is 3.18. The second-order valence-corrected chi connectivity index (χ2v) is 16.3. The lowest BCUT2D eigenvalue weighted by molar-refractivity contribution is -0.151. The van der Waals surface area contributed by atoms with Crippen molar-refractivity contribution in [3.63, 3.8) is 0 Å². The topological polar surface area (TPSA) is 259 Å². The minimum atomic E-state index is -4.30. The van der Waals surface area contributed by atoms with E-state index in [4.69, 9.17) is 28.7 Å². The highest BCUT2D eigenvalue weighted by Gasteiger charge is 2.32. The summed E-state index contributed by atoms with van der Waals surface area (Å²) in [7, 11) is 0. The van der Waals surface area contributed by atoms with Crippen molar-refractivity contribution in [2.45, 2.75) is 147 Å². The van der Waals surface area contributed by atoms with Crippen molar-refractivity contribution >= 4 is 35.4 Å². The maximum atomic E-state index is 11.5.